The molecule has 1 aliphatic carbocycles. The van der Waals surface area contributed by atoms with Crippen LogP contribution in [0.1, 0.15) is 36.0 Å². The maximum Gasteiger partial charge on any atom is 0.169 e. The molecule has 1 N–H and O–H groups in total. The highest BCUT2D eigenvalue weighted by Crippen LogP contribution is 2.41. The minimum atomic E-state index is -0.115. The summed E-state index contributed by atoms with van der Waals surface area (Å²) in [6.07, 6.45) is 5.90. The average Bonchev–Trinajstić information content (AvgIpc) is 3.76. The molecule has 1 saturated carbocycles. The van der Waals surface area contributed by atoms with Crippen molar-refractivity contribution >= 4 is 45.6 Å². The molecule has 6 rings (SSSR count). The molecule has 0 spiro atoms. The van der Waals surface area contributed by atoms with Gasteiger partial charge in [0.1, 0.15) is 0 Å². The first kappa shape index (κ1) is 24.9. The smallest absolute Gasteiger partial charge is 0.169 e. The minimum absolute atomic E-state index is 0.115. The van der Waals surface area contributed by atoms with Gasteiger partial charge >= 0.3 is 0 Å². The molecular weight excluding hydrogens is 507 g/mol. The van der Waals surface area contributed by atoms with Crippen LogP contribution in [0.15, 0.2) is 36.5 Å². The molecule has 0 radical (unpaired) electrons. The second-order valence-electron chi connectivity index (χ2n) is 10.7. The number of carbonyl (C=O) groups is 1. The molecule has 2 aromatic carbocycles. The summed E-state index contributed by atoms with van der Waals surface area (Å²) in [4.78, 5) is 25.5. The van der Waals surface area contributed by atoms with Crippen molar-refractivity contribution in [3.05, 3.63) is 52.1 Å². The number of ketones is 1. The van der Waals surface area contributed by atoms with Crippen LogP contribution in [0.3, 0.4) is 0 Å². The van der Waals surface area contributed by atoms with Crippen LogP contribution < -0.4 is 4.90 Å². The number of rotatable bonds is 5. The van der Waals surface area contributed by atoms with E-state index in [2.05, 4.69) is 27.8 Å². The largest absolute Gasteiger partial charge is 0.505 e. The number of aromatic nitrogens is 1. The lowest BCUT2D eigenvalue weighted by Gasteiger charge is -2.43. The van der Waals surface area contributed by atoms with Crippen molar-refractivity contribution in [2.75, 3.05) is 51.2 Å². The standard InChI is InChI=1S/C29H32Cl2N4O2/c1-33-10-12-34(13-11-33)21-6-8-35(9-7-21)27-22-14-19(20-15-24(30)29(37)25(31)16-20)4-5-26(22)32-17-23(27)28(36)18-2-3-18/h4-5,14-18,21,37H,2-3,6-13H2,1H3. The topological polar surface area (TPSA) is 59.9 Å². The molecule has 3 heterocycles. The molecule has 37 heavy (non-hydrogen) atoms. The Labute approximate surface area is 227 Å². The van der Waals surface area contributed by atoms with E-state index in [0.717, 1.165) is 98.2 Å². The van der Waals surface area contributed by atoms with Crippen LogP contribution in [0.2, 0.25) is 10.0 Å². The number of fused-ring (bicyclic) bond motifs is 1. The van der Waals surface area contributed by atoms with Crippen LogP contribution in [0, 0.1) is 5.92 Å². The molecular formula is C29H32Cl2N4O2. The second kappa shape index (κ2) is 10.1. The number of likely N-dealkylation sites (N-methyl/N-ethyl adjacent to an activating group) is 1. The van der Waals surface area contributed by atoms with Gasteiger partial charge in [0, 0.05) is 62.8 Å². The van der Waals surface area contributed by atoms with E-state index in [9.17, 15) is 9.90 Å². The number of pyridine rings is 1. The van der Waals surface area contributed by atoms with Crippen molar-refractivity contribution < 1.29 is 9.90 Å². The van der Waals surface area contributed by atoms with Gasteiger partial charge < -0.3 is 14.9 Å². The van der Waals surface area contributed by atoms with Crippen molar-refractivity contribution in [2.45, 2.75) is 31.7 Å². The lowest BCUT2D eigenvalue weighted by atomic mass is 9.96. The number of Topliss-reactive ketones (excluding diaryl/α,β-unsaturated/α-hetero) is 1. The second-order valence-corrected chi connectivity index (χ2v) is 11.6. The average molecular weight is 540 g/mol. The number of carbonyl (C=O) groups excluding carboxylic acids is 1. The van der Waals surface area contributed by atoms with Crippen molar-refractivity contribution in [3.63, 3.8) is 0 Å². The van der Waals surface area contributed by atoms with Gasteiger partial charge in [-0.05, 0) is 68.1 Å². The zero-order chi connectivity index (χ0) is 25.7. The number of hydrogen-bond donors (Lipinski definition) is 1. The molecule has 3 aromatic rings. The summed E-state index contributed by atoms with van der Waals surface area (Å²) in [7, 11) is 2.20. The number of hydrogen-bond acceptors (Lipinski definition) is 6. The van der Waals surface area contributed by atoms with Gasteiger partial charge in [0.15, 0.2) is 11.5 Å². The monoisotopic (exact) mass is 538 g/mol. The van der Waals surface area contributed by atoms with E-state index in [1.54, 1.807) is 18.3 Å². The molecule has 0 unspecified atom stereocenters. The predicted octanol–water partition coefficient (Wildman–Crippen LogP) is 5.72. The van der Waals surface area contributed by atoms with Gasteiger partial charge in [-0.3, -0.25) is 14.7 Å². The maximum absolute atomic E-state index is 13.4. The van der Waals surface area contributed by atoms with Gasteiger partial charge in [-0.2, -0.15) is 0 Å². The maximum atomic E-state index is 13.4. The first-order chi connectivity index (χ1) is 17.9. The van der Waals surface area contributed by atoms with Gasteiger partial charge in [0.25, 0.3) is 0 Å². The predicted molar refractivity (Wildman–Crippen MR) is 150 cm³/mol. The first-order valence-corrected chi connectivity index (χ1v) is 14.0. The Balaban J connectivity index is 1.37. The summed E-state index contributed by atoms with van der Waals surface area (Å²) in [5, 5.41) is 11.4. The summed E-state index contributed by atoms with van der Waals surface area (Å²) in [5.74, 6) is 0.223. The lowest BCUT2D eigenvalue weighted by Crippen LogP contribution is -2.52. The van der Waals surface area contributed by atoms with E-state index < -0.39 is 0 Å². The van der Waals surface area contributed by atoms with Gasteiger partial charge in [-0.25, -0.2) is 0 Å². The number of phenols is 1. The zero-order valence-corrected chi connectivity index (χ0v) is 22.6. The van der Waals surface area contributed by atoms with Crippen molar-refractivity contribution in [2.24, 2.45) is 5.92 Å². The number of benzene rings is 2. The number of piperidine rings is 1. The number of nitrogens with zero attached hydrogens (tertiary/aromatic N) is 4. The Morgan fingerprint density at radius 1 is 0.919 bits per heavy atom. The fourth-order valence-corrected chi connectivity index (χ4v) is 6.31. The third kappa shape index (κ3) is 4.92. The Hall–Kier alpha value is -2.38. The molecule has 1 aromatic heterocycles. The summed E-state index contributed by atoms with van der Waals surface area (Å²) in [6, 6.07) is 10.1. The highest BCUT2D eigenvalue weighted by atomic mass is 35.5. The Bertz CT molecular complexity index is 1320. The molecule has 194 valence electrons. The molecule has 0 amide bonds. The molecule has 3 fully saturated rings. The number of anilines is 1. The van der Waals surface area contributed by atoms with Crippen molar-refractivity contribution in [1.82, 2.24) is 14.8 Å². The van der Waals surface area contributed by atoms with Crippen LogP contribution in [-0.2, 0) is 0 Å². The number of piperazine rings is 1. The van der Waals surface area contributed by atoms with Crippen molar-refractivity contribution in [3.8, 4) is 16.9 Å². The third-order valence-electron chi connectivity index (χ3n) is 8.24. The summed E-state index contributed by atoms with van der Waals surface area (Å²) in [6.45, 7) is 6.36. The van der Waals surface area contributed by atoms with E-state index in [-0.39, 0.29) is 27.5 Å². The van der Waals surface area contributed by atoms with Crippen LogP contribution in [-0.4, -0.2) is 78.0 Å². The van der Waals surface area contributed by atoms with E-state index >= 15 is 0 Å². The van der Waals surface area contributed by atoms with E-state index in [1.165, 1.54) is 0 Å². The SMILES string of the molecule is CN1CCN(C2CCN(c3c(C(=O)C4CC4)cnc4ccc(-c5cc(Cl)c(O)c(Cl)c5)cc34)CC2)CC1. The molecule has 2 aliphatic heterocycles. The van der Waals surface area contributed by atoms with Crippen LogP contribution in [0.25, 0.3) is 22.0 Å². The first-order valence-electron chi connectivity index (χ1n) is 13.2. The highest BCUT2D eigenvalue weighted by Gasteiger charge is 2.35. The van der Waals surface area contributed by atoms with E-state index in [0.29, 0.717) is 6.04 Å². The summed E-state index contributed by atoms with van der Waals surface area (Å²) < 4.78 is 0. The van der Waals surface area contributed by atoms with Crippen LogP contribution in [0.4, 0.5) is 5.69 Å². The molecule has 3 aliphatic rings. The molecule has 0 bridgehead atoms. The van der Waals surface area contributed by atoms with Crippen LogP contribution in [0.5, 0.6) is 5.75 Å². The summed E-state index contributed by atoms with van der Waals surface area (Å²) >= 11 is 12.5. The van der Waals surface area contributed by atoms with E-state index in [1.807, 2.05) is 12.1 Å². The fraction of sp³-hybridized carbons (Fsp3) is 0.448. The zero-order valence-electron chi connectivity index (χ0n) is 21.1. The van der Waals surface area contributed by atoms with Crippen molar-refractivity contribution in [1.29, 1.82) is 0 Å². The van der Waals surface area contributed by atoms with Gasteiger partial charge in [0.05, 0.1) is 26.8 Å². The van der Waals surface area contributed by atoms with E-state index in [4.69, 9.17) is 28.2 Å². The molecule has 6 nitrogen and oxygen atoms in total. The Morgan fingerprint density at radius 2 is 1.59 bits per heavy atom. The van der Waals surface area contributed by atoms with Gasteiger partial charge in [-0.15, -0.1) is 0 Å². The fourth-order valence-electron chi connectivity index (χ4n) is 5.82. The number of phenolic OH excluding ortho intramolecular Hbond substituents is 1. The van der Waals surface area contributed by atoms with Gasteiger partial charge in [-0.1, -0.05) is 29.3 Å². The Kier molecular flexibility index (Phi) is 6.78. The summed E-state index contributed by atoms with van der Waals surface area (Å²) in [5.41, 5.74) is 4.35. The highest BCUT2D eigenvalue weighted by molar-refractivity contribution is 6.37. The lowest BCUT2D eigenvalue weighted by molar-refractivity contribution is 0.0963. The Morgan fingerprint density at radius 3 is 2.24 bits per heavy atom. The third-order valence-corrected chi connectivity index (χ3v) is 8.81. The molecule has 2 saturated heterocycles. The normalized spacial score (nSPS) is 20.0. The van der Waals surface area contributed by atoms with Gasteiger partial charge in [0.2, 0.25) is 0 Å². The quantitative estimate of drug-likeness (QED) is 0.419. The molecule has 0 atom stereocenters. The number of aromatic hydroxyl groups is 1. The molecule has 8 heteroatoms. The van der Waals surface area contributed by atoms with Crippen LogP contribution >= 0.6 is 23.2 Å². The number of halogens is 2. The minimum Gasteiger partial charge on any atom is -0.505 e.